The summed E-state index contributed by atoms with van der Waals surface area (Å²) in [7, 11) is 0. The second-order valence-electron chi connectivity index (χ2n) is 6.95. The number of ether oxygens (including phenoxy) is 2. The van der Waals surface area contributed by atoms with Crippen molar-refractivity contribution in [3.63, 3.8) is 0 Å². The maximum atomic E-state index is 11.6. The van der Waals surface area contributed by atoms with Crippen molar-refractivity contribution in [1.82, 2.24) is 0 Å². The van der Waals surface area contributed by atoms with Gasteiger partial charge in [-0.25, -0.2) is 0 Å². The van der Waals surface area contributed by atoms with Crippen molar-refractivity contribution < 1.29 is 19.1 Å². The minimum Gasteiger partial charge on any atom is -0.466 e. The van der Waals surface area contributed by atoms with Crippen molar-refractivity contribution in [3.8, 4) is 0 Å². The van der Waals surface area contributed by atoms with E-state index < -0.39 is 0 Å². The Hall–Kier alpha value is -1.06. The van der Waals surface area contributed by atoms with Gasteiger partial charge >= 0.3 is 11.9 Å². The Balaban J connectivity index is 3.35. The molecule has 4 heteroatoms. The van der Waals surface area contributed by atoms with E-state index in [9.17, 15) is 9.59 Å². The Morgan fingerprint density at radius 3 is 1.75 bits per heavy atom. The average Bonchev–Trinajstić information content (AvgIpc) is 2.54. The molecule has 0 amide bonds. The number of hydrogen-bond donors (Lipinski definition) is 0. The molecule has 0 aliphatic heterocycles. The van der Waals surface area contributed by atoms with Crippen LogP contribution in [0.4, 0.5) is 0 Å². The molecular weight excluding hydrogens is 304 g/mol. The summed E-state index contributed by atoms with van der Waals surface area (Å²) < 4.78 is 10.3. The predicted molar refractivity (Wildman–Crippen MR) is 97.8 cm³/mol. The summed E-state index contributed by atoms with van der Waals surface area (Å²) in [4.78, 5) is 23.1. The zero-order valence-corrected chi connectivity index (χ0v) is 16.1. The van der Waals surface area contributed by atoms with E-state index in [1.165, 1.54) is 32.1 Å². The van der Waals surface area contributed by atoms with Crippen molar-refractivity contribution in [2.45, 2.75) is 97.8 Å². The van der Waals surface area contributed by atoms with Gasteiger partial charge in [0.05, 0.1) is 13.2 Å². The van der Waals surface area contributed by atoms with Crippen molar-refractivity contribution in [3.05, 3.63) is 0 Å². The van der Waals surface area contributed by atoms with Crippen LogP contribution in [-0.2, 0) is 19.1 Å². The first-order valence-corrected chi connectivity index (χ1v) is 9.87. The molecule has 0 aromatic rings. The second kappa shape index (κ2) is 16.8. The van der Waals surface area contributed by atoms with Crippen molar-refractivity contribution in [2.24, 2.45) is 5.92 Å². The Morgan fingerprint density at radius 2 is 1.21 bits per heavy atom. The minimum absolute atomic E-state index is 0.200. The van der Waals surface area contributed by atoms with Crippen molar-refractivity contribution in [1.29, 1.82) is 0 Å². The fourth-order valence-corrected chi connectivity index (χ4v) is 2.44. The van der Waals surface area contributed by atoms with Gasteiger partial charge in [-0.3, -0.25) is 9.59 Å². The van der Waals surface area contributed by atoms with E-state index in [4.69, 9.17) is 9.47 Å². The number of hydrogen-bond acceptors (Lipinski definition) is 4. The molecule has 0 fully saturated rings. The number of rotatable bonds is 16. The summed E-state index contributed by atoms with van der Waals surface area (Å²) in [5, 5.41) is 0. The molecule has 0 radical (unpaired) electrons. The molecule has 0 rings (SSSR count). The Bertz CT molecular complexity index is 313. The molecule has 0 unspecified atom stereocenters. The molecule has 0 aliphatic carbocycles. The lowest BCUT2D eigenvalue weighted by Gasteiger charge is -2.07. The van der Waals surface area contributed by atoms with Gasteiger partial charge < -0.3 is 9.47 Å². The number of carbonyl (C=O) groups is 2. The molecule has 24 heavy (non-hydrogen) atoms. The van der Waals surface area contributed by atoms with Gasteiger partial charge in [-0.05, 0) is 31.6 Å². The number of unbranched alkanes of at least 4 members (excludes halogenated alkanes) is 6. The van der Waals surface area contributed by atoms with E-state index in [1.807, 2.05) is 0 Å². The predicted octanol–water partition coefficient (Wildman–Crippen LogP) is 5.43. The molecule has 0 aromatic heterocycles. The highest BCUT2D eigenvalue weighted by atomic mass is 16.5. The van der Waals surface area contributed by atoms with Crippen LogP contribution in [0.15, 0.2) is 0 Å². The smallest absolute Gasteiger partial charge is 0.305 e. The first-order valence-electron chi connectivity index (χ1n) is 9.87. The lowest BCUT2D eigenvalue weighted by atomic mass is 10.1. The van der Waals surface area contributed by atoms with Gasteiger partial charge in [0.1, 0.15) is 0 Å². The molecule has 0 saturated carbocycles. The summed E-state index contributed by atoms with van der Waals surface area (Å²) in [6.07, 6.45) is 11.5. The zero-order chi connectivity index (χ0) is 18.0. The maximum absolute atomic E-state index is 11.6. The van der Waals surface area contributed by atoms with Crippen LogP contribution in [-0.4, -0.2) is 25.2 Å². The SMILES string of the molecule is CCCCCCCCCOC(=O)CCCC(=O)OCCCC(C)C. The van der Waals surface area contributed by atoms with E-state index in [2.05, 4.69) is 20.8 Å². The monoisotopic (exact) mass is 342 g/mol. The first kappa shape index (κ1) is 22.9. The minimum atomic E-state index is -0.210. The summed E-state index contributed by atoms with van der Waals surface area (Å²) in [5.41, 5.74) is 0. The normalized spacial score (nSPS) is 10.8. The molecule has 0 aromatic carbocycles. The molecule has 0 bridgehead atoms. The second-order valence-corrected chi connectivity index (χ2v) is 6.95. The highest BCUT2D eigenvalue weighted by molar-refractivity contribution is 5.72. The molecule has 142 valence electrons. The molecular formula is C20H38O4. The molecule has 0 aliphatic rings. The summed E-state index contributed by atoms with van der Waals surface area (Å²) >= 11 is 0. The van der Waals surface area contributed by atoms with Crippen LogP contribution in [0.5, 0.6) is 0 Å². The van der Waals surface area contributed by atoms with Crippen LogP contribution in [0.2, 0.25) is 0 Å². The van der Waals surface area contributed by atoms with Gasteiger partial charge in [0.25, 0.3) is 0 Å². The van der Waals surface area contributed by atoms with Crippen molar-refractivity contribution >= 4 is 11.9 Å². The van der Waals surface area contributed by atoms with Crippen LogP contribution in [0.3, 0.4) is 0 Å². The van der Waals surface area contributed by atoms with Gasteiger partial charge in [-0.2, -0.15) is 0 Å². The van der Waals surface area contributed by atoms with Crippen LogP contribution in [0.25, 0.3) is 0 Å². The summed E-state index contributed by atoms with van der Waals surface area (Å²) in [6, 6.07) is 0. The fraction of sp³-hybridized carbons (Fsp3) is 0.900. The average molecular weight is 343 g/mol. The van der Waals surface area contributed by atoms with E-state index >= 15 is 0 Å². The Kier molecular flexibility index (Phi) is 16.0. The molecule has 0 atom stereocenters. The number of esters is 2. The maximum Gasteiger partial charge on any atom is 0.305 e. The lowest BCUT2D eigenvalue weighted by molar-refractivity contribution is -0.145. The Morgan fingerprint density at radius 1 is 0.708 bits per heavy atom. The largest absolute Gasteiger partial charge is 0.466 e. The highest BCUT2D eigenvalue weighted by Gasteiger charge is 2.07. The third kappa shape index (κ3) is 17.3. The van der Waals surface area contributed by atoms with E-state index in [0.29, 0.717) is 38.4 Å². The van der Waals surface area contributed by atoms with Gasteiger partial charge in [0.15, 0.2) is 0 Å². The molecule has 0 heterocycles. The quantitative estimate of drug-likeness (QED) is 0.277. The topological polar surface area (TPSA) is 52.6 Å². The van der Waals surface area contributed by atoms with E-state index in [1.54, 1.807) is 0 Å². The first-order chi connectivity index (χ1) is 11.6. The van der Waals surface area contributed by atoms with Gasteiger partial charge in [-0.15, -0.1) is 0 Å². The standard InChI is InChI=1S/C20H38O4/c1-4-5-6-7-8-9-10-16-23-19(21)14-11-15-20(22)24-17-12-13-18(2)3/h18H,4-17H2,1-3H3. The van der Waals surface area contributed by atoms with Crippen LogP contribution >= 0.6 is 0 Å². The zero-order valence-electron chi connectivity index (χ0n) is 16.1. The number of carbonyl (C=O) groups excluding carboxylic acids is 2. The Labute approximate surface area is 148 Å². The lowest BCUT2D eigenvalue weighted by Crippen LogP contribution is -2.09. The van der Waals surface area contributed by atoms with E-state index in [-0.39, 0.29) is 11.9 Å². The summed E-state index contributed by atoms with van der Waals surface area (Å²) in [6.45, 7) is 7.51. The third-order valence-electron chi connectivity index (χ3n) is 3.96. The fourth-order valence-electron chi connectivity index (χ4n) is 2.44. The van der Waals surface area contributed by atoms with Crippen LogP contribution in [0.1, 0.15) is 97.8 Å². The van der Waals surface area contributed by atoms with Gasteiger partial charge in [0.2, 0.25) is 0 Å². The third-order valence-corrected chi connectivity index (χ3v) is 3.96. The van der Waals surface area contributed by atoms with E-state index in [0.717, 1.165) is 25.7 Å². The molecule has 4 nitrogen and oxygen atoms in total. The molecule has 0 spiro atoms. The highest BCUT2D eigenvalue weighted by Crippen LogP contribution is 2.08. The van der Waals surface area contributed by atoms with Gasteiger partial charge in [0, 0.05) is 12.8 Å². The molecule has 0 saturated heterocycles. The molecule has 0 N–H and O–H groups in total. The summed E-state index contributed by atoms with van der Waals surface area (Å²) in [5.74, 6) is 0.224. The van der Waals surface area contributed by atoms with Crippen molar-refractivity contribution in [2.75, 3.05) is 13.2 Å². The van der Waals surface area contributed by atoms with Crippen LogP contribution < -0.4 is 0 Å². The van der Waals surface area contributed by atoms with Gasteiger partial charge in [-0.1, -0.05) is 59.3 Å². The van der Waals surface area contributed by atoms with Crippen LogP contribution in [0, 0.1) is 5.92 Å².